The van der Waals surface area contributed by atoms with Crippen LogP contribution >= 0.6 is 0 Å². The van der Waals surface area contributed by atoms with Crippen molar-refractivity contribution in [3.63, 3.8) is 0 Å². The summed E-state index contributed by atoms with van der Waals surface area (Å²) in [6.45, 7) is 1.51. The first-order valence-corrected chi connectivity index (χ1v) is 11.1. The van der Waals surface area contributed by atoms with Gasteiger partial charge < -0.3 is 10.1 Å². The number of nitrogens with one attached hydrogen (secondary N) is 1. The number of nitrogens with zero attached hydrogens (tertiary/aromatic N) is 1. The van der Waals surface area contributed by atoms with Crippen molar-refractivity contribution in [2.24, 2.45) is 0 Å². The molecule has 0 bridgehead atoms. The molecular formula is C21H25FN2O4S. The number of rotatable bonds is 8. The van der Waals surface area contributed by atoms with E-state index in [2.05, 4.69) is 5.32 Å². The number of ether oxygens (including phenoxy) is 1. The van der Waals surface area contributed by atoms with Crippen molar-refractivity contribution in [3.05, 3.63) is 59.9 Å². The first-order valence-electron chi connectivity index (χ1n) is 9.69. The van der Waals surface area contributed by atoms with E-state index in [1.165, 1.54) is 28.6 Å². The van der Waals surface area contributed by atoms with Crippen LogP contribution in [0.25, 0.3) is 0 Å². The molecule has 1 fully saturated rings. The molecule has 0 spiro atoms. The molecule has 0 radical (unpaired) electrons. The van der Waals surface area contributed by atoms with E-state index in [4.69, 9.17) is 4.74 Å². The van der Waals surface area contributed by atoms with Crippen LogP contribution in [0.4, 0.5) is 4.39 Å². The van der Waals surface area contributed by atoms with Crippen molar-refractivity contribution in [2.45, 2.75) is 37.1 Å². The van der Waals surface area contributed by atoms with Crippen LogP contribution in [-0.4, -0.2) is 38.3 Å². The Bertz CT molecular complexity index is 926. The Labute approximate surface area is 170 Å². The minimum Gasteiger partial charge on any atom is -0.493 e. The van der Waals surface area contributed by atoms with Gasteiger partial charge in [-0.25, -0.2) is 12.8 Å². The maximum Gasteiger partial charge on any atom is 0.243 e. The van der Waals surface area contributed by atoms with Crippen LogP contribution in [0, 0.1) is 5.82 Å². The summed E-state index contributed by atoms with van der Waals surface area (Å²) in [5, 5.41) is 2.77. The summed E-state index contributed by atoms with van der Waals surface area (Å²) in [5.41, 5.74) is 0.718. The van der Waals surface area contributed by atoms with Crippen molar-refractivity contribution in [3.8, 4) is 5.75 Å². The SMILES string of the molecule is O=C(CCOc1ccc(F)cc1)NCc1cccc(S(=O)(=O)N2CCCCC2)c1. The molecule has 6 nitrogen and oxygen atoms in total. The normalized spacial score (nSPS) is 15.1. The van der Waals surface area contributed by atoms with Crippen LogP contribution in [0.5, 0.6) is 5.75 Å². The number of carbonyl (C=O) groups is 1. The summed E-state index contributed by atoms with van der Waals surface area (Å²) in [5.74, 6) is -0.0640. The minimum atomic E-state index is -3.50. The zero-order chi connectivity index (χ0) is 20.7. The highest BCUT2D eigenvalue weighted by Crippen LogP contribution is 2.21. The number of hydrogen-bond donors (Lipinski definition) is 1. The molecule has 1 amide bonds. The molecule has 0 atom stereocenters. The molecule has 156 valence electrons. The van der Waals surface area contributed by atoms with E-state index < -0.39 is 10.0 Å². The lowest BCUT2D eigenvalue weighted by molar-refractivity contribution is -0.121. The van der Waals surface area contributed by atoms with Gasteiger partial charge in [-0.05, 0) is 54.8 Å². The molecule has 0 unspecified atom stereocenters. The van der Waals surface area contributed by atoms with E-state index in [1.807, 2.05) is 0 Å². The molecule has 0 aliphatic carbocycles. The highest BCUT2D eigenvalue weighted by molar-refractivity contribution is 7.89. The molecule has 0 saturated carbocycles. The lowest BCUT2D eigenvalue weighted by Gasteiger charge is -2.26. The van der Waals surface area contributed by atoms with Crippen molar-refractivity contribution >= 4 is 15.9 Å². The van der Waals surface area contributed by atoms with Crippen LogP contribution in [0.3, 0.4) is 0 Å². The maximum absolute atomic E-state index is 12.8. The molecule has 29 heavy (non-hydrogen) atoms. The molecule has 1 saturated heterocycles. The van der Waals surface area contributed by atoms with Gasteiger partial charge in [0.25, 0.3) is 0 Å². The van der Waals surface area contributed by atoms with Crippen LogP contribution in [0.15, 0.2) is 53.4 Å². The second kappa shape index (κ2) is 9.84. The predicted molar refractivity (Wildman–Crippen MR) is 107 cm³/mol. The average Bonchev–Trinajstić information content (AvgIpc) is 2.74. The Morgan fingerprint density at radius 1 is 1.07 bits per heavy atom. The fraction of sp³-hybridized carbons (Fsp3) is 0.381. The number of sulfonamides is 1. The van der Waals surface area contributed by atoms with Crippen molar-refractivity contribution in [1.82, 2.24) is 9.62 Å². The van der Waals surface area contributed by atoms with Gasteiger partial charge in [0.15, 0.2) is 0 Å². The van der Waals surface area contributed by atoms with E-state index in [1.54, 1.807) is 24.3 Å². The van der Waals surface area contributed by atoms with E-state index in [0.29, 0.717) is 18.8 Å². The van der Waals surface area contributed by atoms with E-state index in [9.17, 15) is 17.6 Å². The molecule has 2 aromatic carbocycles. The zero-order valence-electron chi connectivity index (χ0n) is 16.1. The second-order valence-electron chi connectivity index (χ2n) is 6.94. The quantitative estimate of drug-likeness (QED) is 0.712. The summed E-state index contributed by atoms with van der Waals surface area (Å²) >= 11 is 0. The molecule has 1 aliphatic rings. The van der Waals surface area contributed by atoms with E-state index in [-0.39, 0.29) is 36.2 Å². The summed E-state index contributed by atoms with van der Waals surface area (Å²) < 4.78 is 45.3. The van der Waals surface area contributed by atoms with Crippen LogP contribution in [-0.2, 0) is 21.4 Å². The monoisotopic (exact) mass is 420 g/mol. The molecular weight excluding hydrogens is 395 g/mol. The Morgan fingerprint density at radius 2 is 1.79 bits per heavy atom. The number of amides is 1. The third-order valence-electron chi connectivity index (χ3n) is 4.75. The Kier molecular flexibility index (Phi) is 7.22. The van der Waals surface area contributed by atoms with Gasteiger partial charge in [-0.15, -0.1) is 0 Å². The first-order chi connectivity index (χ1) is 13.9. The minimum absolute atomic E-state index is 0.142. The summed E-state index contributed by atoms with van der Waals surface area (Å²) in [6.07, 6.45) is 2.97. The third kappa shape index (κ3) is 6.01. The standard InChI is InChI=1S/C21H25FN2O4S/c22-18-7-9-19(10-8-18)28-14-11-21(25)23-16-17-5-4-6-20(15-17)29(26,27)24-12-2-1-3-13-24/h4-10,15H,1-3,11-14,16H2,(H,23,25). The van der Waals surface area contributed by atoms with Gasteiger partial charge >= 0.3 is 0 Å². The van der Waals surface area contributed by atoms with Gasteiger partial charge in [-0.3, -0.25) is 4.79 Å². The van der Waals surface area contributed by atoms with Gasteiger partial charge in [0.1, 0.15) is 11.6 Å². The lowest BCUT2D eigenvalue weighted by atomic mass is 10.2. The largest absolute Gasteiger partial charge is 0.493 e. The Morgan fingerprint density at radius 3 is 2.52 bits per heavy atom. The van der Waals surface area contributed by atoms with Crippen LogP contribution in [0.2, 0.25) is 0 Å². The van der Waals surface area contributed by atoms with Gasteiger partial charge in [-0.1, -0.05) is 18.6 Å². The van der Waals surface area contributed by atoms with Crippen LogP contribution < -0.4 is 10.1 Å². The topological polar surface area (TPSA) is 75.7 Å². The predicted octanol–water partition coefficient (Wildman–Crippen LogP) is 3.09. The number of hydrogen-bond acceptors (Lipinski definition) is 4. The van der Waals surface area contributed by atoms with E-state index >= 15 is 0 Å². The summed E-state index contributed by atoms with van der Waals surface area (Å²) in [7, 11) is -3.50. The highest BCUT2D eigenvalue weighted by Gasteiger charge is 2.25. The van der Waals surface area contributed by atoms with Gasteiger partial charge in [0.05, 0.1) is 17.9 Å². The Hall–Kier alpha value is -2.45. The number of carbonyl (C=O) groups excluding carboxylic acids is 1. The van der Waals surface area contributed by atoms with Gasteiger partial charge in [-0.2, -0.15) is 4.31 Å². The molecule has 0 aromatic heterocycles. The smallest absolute Gasteiger partial charge is 0.243 e. The number of halogens is 1. The third-order valence-corrected chi connectivity index (χ3v) is 6.65. The molecule has 1 N–H and O–H groups in total. The average molecular weight is 421 g/mol. The number of benzene rings is 2. The fourth-order valence-electron chi connectivity index (χ4n) is 3.15. The number of piperidine rings is 1. The van der Waals surface area contributed by atoms with Crippen molar-refractivity contribution in [2.75, 3.05) is 19.7 Å². The summed E-state index contributed by atoms with van der Waals surface area (Å²) in [4.78, 5) is 12.3. The second-order valence-corrected chi connectivity index (χ2v) is 8.88. The van der Waals surface area contributed by atoms with E-state index in [0.717, 1.165) is 24.8 Å². The lowest BCUT2D eigenvalue weighted by Crippen LogP contribution is -2.35. The van der Waals surface area contributed by atoms with Gasteiger partial charge in [0.2, 0.25) is 15.9 Å². The first kappa shape index (κ1) is 21.3. The molecule has 1 heterocycles. The highest BCUT2D eigenvalue weighted by atomic mass is 32.2. The molecule has 8 heteroatoms. The van der Waals surface area contributed by atoms with Crippen molar-refractivity contribution in [1.29, 1.82) is 0 Å². The van der Waals surface area contributed by atoms with Gasteiger partial charge in [0, 0.05) is 19.6 Å². The van der Waals surface area contributed by atoms with Crippen LogP contribution in [0.1, 0.15) is 31.2 Å². The maximum atomic E-state index is 12.8. The fourth-order valence-corrected chi connectivity index (χ4v) is 4.74. The zero-order valence-corrected chi connectivity index (χ0v) is 17.0. The summed E-state index contributed by atoms with van der Waals surface area (Å²) in [6, 6.07) is 12.3. The molecule has 2 aromatic rings. The Balaban J connectivity index is 1.49. The molecule has 1 aliphatic heterocycles. The molecule has 3 rings (SSSR count). The van der Waals surface area contributed by atoms with Crippen molar-refractivity contribution < 1.29 is 22.3 Å².